The summed E-state index contributed by atoms with van der Waals surface area (Å²) in [5, 5.41) is 0. The van der Waals surface area contributed by atoms with Crippen LogP contribution < -0.4 is 0 Å². The summed E-state index contributed by atoms with van der Waals surface area (Å²) in [5.41, 5.74) is 0. The molecule has 4 aliphatic rings. The Labute approximate surface area is 193 Å². The second kappa shape index (κ2) is 9.41. The number of hydrogen-bond donors (Lipinski definition) is 0. The first-order chi connectivity index (χ1) is 12.0. The largest absolute Gasteiger partial charge is 0.127 e. The van der Waals surface area contributed by atoms with Crippen LogP contribution in [0.5, 0.6) is 0 Å². The fraction of sp³-hybridized carbons (Fsp3) is 1.00. The van der Waals surface area contributed by atoms with Gasteiger partial charge < -0.3 is 0 Å². The number of alkyl halides is 3. The van der Waals surface area contributed by atoms with Crippen molar-refractivity contribution < 1.29 is 0 Å². The van der Waals surface area contributed by atoms with E-state index < -0.39 is 0 Å². The van der Waals surface area contributed by atoms with Crippen molar-refractivity contribution in [1.29, 1.82) is 0 Å². The molecule has 4 fully saturated rings. The Morgan fingerprint density at radius 3 is 1.04 bits per heavy atom. The molecule has 0 aliphatic carbocycles. The van der Waals surface area contributed by atoms with E-state index in [2.05, 4.69) is 77.5 Å². The molecule has 0 N–H and O–H groups in total. The molecule has 0 aromatic carbocycles. The monoisotopic (exact) mass is 514 g/mol. The summed E-state index contributed by atoms with van der Waals surface area (Å²) >= 11 is 31.7. The van der Waals surface area contributed by atoms with E-state index in [-0.39, 0.29) is 10.2 Å². The molecule has 4 bridgehead atoms. The molecule has 0 saturated carbocycles. The maximum atomic E-state index is 6.10. The quantitative estimate of drug-likeness (QED) is 0.250. The van der Waals surface area contributed by atoms with Gasteiger partial charge in [-0.2, -0.15) is 0 Å². The second-order valence-electron chi connectivity index (χ2n) is 6.47. The molecule has 0 aromatic heterocycles. The minimum atomic E-state index is 0.254. The van der Waals surface area contributed by atoms with Gasteiger partial charge in [-0.1, -0.05) is 13.3 Å². The predicted octanol–water partition coefficient (Wildman–Crippen LogP) is 8.90. The Hall–Kier alpha value is 2.97. The van der Waals surface area contributed by atoms with Crippen molar-refractivity contribution in [3.05, 3.63) is 0 Å². The number of rotatable bonds is 11. The van der Waals surface area contributed by atoms with Gasteiger partial charge in [0, 0.05) is 17.6 Å². The molecule has 4 rings (SSSR count). The van der Waals surface area contributed by atoms with Crippen LogP contribution in [0.4, 0.5) is 0 Å². The van der Waals surface area contributed by atoms with E-state index in [1.54, 1.807) is 0 Å². The van der Waals surface area contributed by atoms with E-state index >= 15 is 0 Å². The van der Waals surface area contributed by atoms with Gasteiger partial charge in [-0.3, -0.25) is 0 Å². The van der Waals surface area contributed by atoms with Crippen molar-refractivity contribution in [2.24, 2.45) is 0 Å². The van der Waals surface area contributed by atoms with E-state index in [1.165, 1.54) is 32.1 Å². The van der Waals surface area contributed by atoms with Crippen molar-refractivity contribution in [3.8, 4) is 0 Å². The van der Waals surface area contributed by atoms with Crippen LogP contribution in [0, 0.1) is 0 Å². The highest BCUT2D eigenvalue weighted by molar-refractivity contribution is 8.64. The summed E-state index contributed by atoms with van der Waals surface area (Å²) in [6, 6.07) is 0. The first kappa shape index (κ1) is 22.7. The van der Waals surface area contributed by atoms with Crippen LogP contribution in [0.1, 0.15) is 58.3 Å². The van der Waals surface area contributed by atoms with Gasteiger partial charge >= 0.3 is 0 Å². The molecular formula is C16H25Cl3S6. The summed E-state index contributed by atoms with van der Waals surface area (Å²) in [6.45, 7) is 2.33. The summed E-state index contributed by atoms with van der Waals surface area (Å²) in [4.78, 5) is 0. The van der Waals surface area contributed by atoms with Gasteiger partial charge in [-0.25, -0.2) is 0 Å². The smallest absolute Gasteiger partial charge is 0.113 e. The molecule has 0 unspecified atom stereocenters. The fourth-order valence-corrected chi connectivity index (χ4v) is 25.9. The molecule has 4 aliphatic heterocycles. The molecule has 25 heavy (non-hydrogen) atoms. The molecular weight excluding hydrogens is 491 g/mol. The van der Waals surface area contributed by atoms with E-state index in [0.29, 0.717) is 3.41 Å². The fourth-order valence-electron chi connectivity index (χ4n) is 3.44. The lowest BCUT2D eigenvalue weighted by Crippen LogP contribution is -2.54. The van der Waals surface area contributed by atoms with Crippen LogP contribution in [0.15, 0.2) is 0 Å². The highest BCUT2D eigenvalue weighted by Crippen LogP contribution is 2.91. The Morgan fingerprint density at radius 1 is 0.520 bits per heavy atom. The average Bonchev–Trinajstić information content (AvgIpc) is 2.55. The zero-order chi connectivity index (χ0) is 18.0. The third-order valence-corrected chi connectivity index (χ3v) is 17.3. The Morgan fingerprint density at radius 2 is 0.800 bits per heavy atom. The molecule has 146 valence electrons. The minimum absolute atomic E-state index is 0.254. The standard InChI is InChI=1S/C16H25Cl3S6/c1-2-6-13-20-14(7-3-10-17)23-15(21-13,8-4-11-18)25-16(22-13,24-14)9-5-12-19/h2-12H2,1H3. The second-order valence-corrected chi connectivity index (χ2v) is 20.3. The van der Waals surface area contributed by atoms with Gasteiger partial charge in [0.2, 0.25) is 0 Å². The number of halogens is 3. The molecule has 4 saturated heterocycles. The first-order valence-corrected chi connectivity index (χ1v) is 15.4. The maximum absolute atomic E-state index is 6.10. The summed E-state index contributed by atoms with van der Waals surface area (Å²) in [6.07, 6.45) is 9.45. The zero-order valence-corrected chi connectivity index (χ0v) is 21.5. The summed E-state index contributed by atoms with van der Waals surface area (Å²) in [5.74, 6) is 2.29. The van der Waals surface area contributed by atoms with Crippen LogP contribution in [0.25, 0.3) is 0 Å². The minimum Gasteiger partial charge on any atom is -0.127 e. The SMILES string of the molecule is CCCC12SC3(CCCCl)SC(CCCCl)(S1)SC(CCCCl)(S2)S3. The first-order valence-electron chi connectivity index (χ1n) is 8.87. The van der Waals surface area contributed by atoms with E-state index in [9.17, 15) is 0 Å². The van der Waals surface area contributed by atoms with Gasteiger partial charge in [0.25, 0.3) is 0 Å². The number of thioether (sulfide) groups is 6. The maximum Gasteiger partial charge on any atom is 0.113 e. The van der Waals surface area contributed by atoms with Crippen LogP contribution in [0.2, 0.25) is 0 Å². The van der Waals surface area contributed by atoms with Gasteiger partial charge in [-0.05, 0) is 44.9 Å². The molecule has 0 aromatic rings. The van der Waals surface area contributed by atoms with Crippen LogP contribution in [-0.4, -0.2) is 31.3 Å². The Balaban J connectivity index is 1.94. The van der Waals surface area contributed by atoms with Crippen LogP contribution in [-0.2, 0) is 0 Å². The third-order valence-electron chi connectivity index (χ3n) is 4.27. The van der Waals surface area contributed by atoms with Crippen molar-refractivity contribution >= 4 is 105 Å². The lowest BCUT2D eigenvalue weighted by Gasteiger charge is -2.67. The highest BCUT2D eigenvalue weighted by atomic mass is 35.5. The molecule has 0 spiro atoms. The van der Waals surface area contributed by atoms with E-state index in [0.717, 1.165) is 36.9 Å². The Bertz CT molecular complexity index is 397. The third kappa shape index (κ3) is 5.00. The topological polar surface area (TPSA) is 0 Å². The Kier molecular flexibility index (Phi) is 8.52. The van der Waals surface area contributed by atoms with Crippen molar-refractivity contribution in [1.82, 2.24) is 0 Å². The average molecular weight is 516 g/mol. The van der Waals surface area contributed by atoms with Gasteiger partial charge in [-0.15, -0.1) is 105 Å². The normalized spacial score (nSPS) is 42.2. The van der Waals surface area contributed by atoms with Crippen molar-refractivity contribution in [2.75, 3.05) is 17.6 Å². The van der Waals surface area contributed by atoms with Gasteiger partial charge in [0.1, 0.15) is 13.6 Å². The van der Waals surface area contributed by atoms with Gasteiger partial charge in [0.15, 0.2) is 0 Å². The van der Waals surface area contributed by atoms with Crippen molar-refractivity contribution in [2.45, 2.75) is 71.9 Å². The van der Waals surface area contributed by atoms with Gasteiger partial charge in [0.05, 0.1) is 0 Å². The molecule has 0 amide bonds. The summed E-state index contributed by atoms with van der Waals surface area (Å²) in [7, 11) is 0. The lowest BCUT2D eigenvalue weighted by atomic mass is 10.3. The van der Waals surface area contributed by atoms with E-state index in [4.69, 9.17) is 34.8 Å². The molecule has 4 heterocycles. The zero-order valence-electron chi connectivity index (χ0n) is 14.4. The summed E-state index contributed by atoms with van der Waals surface area (Å²) < 4.78 is 1.06. The molecule has 9 heteroatoms. The molecule has 0 radical (unpaired) electrons. The van der Waals surface area contributed by atoms with Crippen LogP contribution in [0.3, 0.4) is 0 Å². The predicted molar refractivity (Wildman–Crippen MR) is 131 cm³/mol. The lowest BCUT2D eigenvalue weighted by molar-refractivity contribution is 0.755. The molecule has 0 atom stereocenters. The van der Waals surface area contributed by atoms with Crippen molar-refractivity contribution in [3.63, 3.8) is 0 Å². The van der Waals surface area contributed by atoms with Crippen LogP contribution >= 0.6 is 105 Å². The molecule has 0 nitrogen and oxygen atoms in total. The van der Waals surface area contributed by atoms with E-state index in [1.807, 2.05) is 0 Å². The number of hydrogen-bond acceptors (Lipinski definition) is 6. The highest BCUT2D eigenvalue weighted by Gasteiger charge is 2.71.